The van der Waals surface area contributed by atoms with Gasteiger partial charge in [0.25, 0.3) is 0 Å². The summed E-state index contributed by atoms with van der Waals surface area (Å²) in [6.07, 6.45) is 0. The largest absolute Gasteiger partial charge is 0.383 e. The third-order valence-corrected chi connectivity index (χ3v) is 3.81. The number of rotatable bonds is 4. The lowest BCUT2D eigenvalue weighted by atomic mass is 9.96. The molecular weight excluding hydrogens is 310 g/mol. The fourth-order valence-corrected chi connectivity index (χ4v) is 2.63. The van der Waals surface area contributed by atoms with Gasteiger partial charge in [-0.3, -0.25) is 0 Å². The molecule has 0 unspecified atom stereocenters. The number of nitrogens with zero attached hydrogens (tertiary/aromatic N) is 3. The van der Waals surface area contributed by atoms with Crippen LogP contribution in [0.3, 0.4) is 0 Å². The van der Waals surface area contributed by atoms with E-state index in [0.29, 0.717) is 23.5 Å². The van der Waals surface area contributed by atoms with Gasteiger partial charge >= 0.3 is 0 Å². The standard InChI is InChI=1S/C20H15N5/c21-11-16-18(15-9-5-2-6-10-15)17(12-22)20(25-19(16)23)24-13-14-7-3-1-4-8-14/h1-10H,13H2,(H3,23,24,25). The predicted molar refractivity (Wildman–Crippen MR) is 97.3 cm³/mol. The van der Waals surface area contributed by atoms with Crippen molar-refractivity contribution in [2.45, 2.75) is 6.54 Å². The summed E-state index contributed by atoms with van der Waals surface area (Å²) >= 11 is 0. The van der Waals surface area contributed by atoms with Crippen LogP contribution < -0.4 is 11.1 Å². The van der Waals surface area contributed by atoms with Crippen molar-refractivity contribution >= 4 is 11.6 Å². The van der Waals surface area contributed by atoms with Crippen LogP contribution in [0.15, 0.2) is 60.7 Å². The van der Waals surface area contributed by atoms with Gasteiger partial charge in [-0.15, -0.1) is 0 Å². The number of benzene rings is 2. The van der Waals surface area contributed by atoms with Gasteiger partial charge in [0.2, 0.25) is 0 Å². The highest BCUT2D eigenvalue weighted by Crippen LogP contribution is 2.33. The lowest BCUT2D eigenvalue weighted by molar-refractivity contribution is 1.11. The van der Waals surface area contributed by atoms with E-state index in [2.05, 4.69) is 22.4 Å². The molecule has 0 radical (unpaired) electrons. The van der Waals surface area contributed by atoms with E-state index in [4.69, 9.17) is 5.73 Å². The molecule has 0 aliphatic rings. The van der Waals surface area contributed by atoms with Crippen molar-refractivity contribution in [1.82, 2.24) is 4.98 Å². The summed E-state index contributed by atoms with van der Waals surface area (Å²) in [5.41, 5.74) is 8.83. The number of nitrogen functional groups attached to an aromatic ring is 1. The first-order valence-electron chi connectivity index (χ1n) is 7.71. The van der Waals surface area contributed by atoms with Gasteiger partial charge < -0.3 is 11.1 Å². The minimum Gasteiger partial charge on any atom is -0.383 e. The first kappa shape index (κ1) is 16.0. The van der Waals surface area contributed by atoms with Gasteiger partial charge in [-0.2, -0.15) is 10.5 Å². The summed E-state index contributed by atoms with van der Waals surface area (Å²) in [5, 5.41) is 22.3. The smallest absolute Gasteiger partial charge is 0.147 e. The molecule has 0 aliphatic carbocycles. The predicted octanol–water partition coefficient (Wildman–Crippen LogP) is 3.69. The van der Waals surface area contributed by atoms with Crippen LogP contribution in [-0.2, 0) is 6.54 Å². The molecule has 0 atom stereocenters. The first-order valence-corrected chi connectivity index (χ1v) is 7.71. The quantitative estimate of drug-likeness (QED) is 0.762. The number of nitriles is 2. The number of nitrogens with two attached hydrogens (primary N) is 1. The van der Waals surface area contributed by atoms with E-state index in [1.54, 1.807) is 0 Å². The fraction of sp³-hybridized carbons (Fsp3) is 0.0500. The monoisotopic (exact) mass is 325 g/mol. The van der Waals surface area contributed by atoms with Crippen LogP contribution in [0, 0.1) is 22.7 Å². The minimum atomic E-state index is 0.107. The number of aromatic nitrogens is 1. The van der Waals surface area contributed by atoms with E-state index in [1.165, 1.54) is 0 Å². The Kier molecular flexibility index (Phi) is 4.60. The third kappa shape index (κ3) is 3.26. The molecule has 5 heteroatoms. The van der Waals surface area contributed by atoms with E-state index in [1.807, 2.05) is 60.7 Å². The number of hydrogen-bond donors (Lipinski definition) is 2. The SMILES string of the molecule is N#Cc1c(N)nc(NCc2ccccc2)c(C#N)c1-c1ccccc1. The Labute approximate surface area is 146 Å². The molecule has 0 spiro atoms. The molecule has 2 aromatic carbocycles. The Balaban J connectivity index is 2.10. The first-order chi connectivity index (χ1) is 12.2. The van der Waals surface area contributed by atoms with E-state index >= 15 is 0 Å². The molecule has 0 amide bonds. The second-order valence-corrected chi connectivity index (χ2v) is 5.40. The maximum atomic E-state index is 9.69. The normalized spacial score (nSPS) is 9.84. The van der Waals surface area contributed by atoms with E-state index < -0.39 is 0 Å². The molecular formula is C20H15N5. The minimum absolute atomic E-state index is 0.107. The molecule has 120 valence electrons. The van der Waals surface area contributed by atoms with E-state index in [0.717, 1.165) is 11.1 Å². The molecule has 0 bridgehead atoms. The van der Waals surface area contributed by atoms with Gasteiger partial charge in [-0.05, 0) is 11.1 Å². The number of nitrogens with one attached hydrogen (secondary N) is 1. The van der Waals surface area contributed by atoms with Crippen molar-refractivity contribution in [3.8, 4) is 23.3 Å². The maximum absolute atomic E-state index is 9.69. The number of pyridine rings is 1. The van der Waals surface area contributed by atoms with Crippen LogP contribution in [0.4, 0.5) is 11.6 Å². The van der Waals surface area contributed by atoms with Gasteiger partial charge in [0.1, 0.15) is 34.9 Å². The Morgan fingerprint density at radius 3 is 2.08 bits per heavy atom. The van der Waals surface area contributed by atoms with Gasteiger partial charge in [0.15, 0.2) is 0 Å². The molecule has 1 heterocycles. The Morgan fingerprint density at radius 2 is 1.48 bits per heavy atom. The van der Waals surface area contributed by atoms with Crippen LogP contribution in [-0.4, -0.2) is 4.98 Å². The highest BCUT2D eigenvalue weighted by molar-refractivity contribution is 5.84. The van der Waals surface area contributed by atoms with Crippen molar-refractivity contribution < 1.29 is 0 Å². The molecule has 25 heavy (non-hydrogen) atoms. The Hall–Kier alpha value is -3.83. The Bertz CT molecular complexity index is 967. The topological polar surface area (TPSA) is 98.5 Å². The fourth-order valence-electron chi connectivity index (χ4n) is 2.63. The van der Waals surface area contributed by atoms with Crippen LogP contribution in [0.5, 0.6) is 0 Å². The third-order valence-electron chi connectivity index (χ3n) is 3.81. The average Bonchev–Trinajstić information content (AvgIpc) is 2.67. The molecule has 0 aliphatic heterocycles. The van der Waals surface area contributed by atoms with Crippen molar-refractivity contribution in [1.29, 1.82) is 10.5 Å². The highest BCUT2D eigenvalue weighted by Gasteiger charge is 2.19. The number of hydrogen-bond acceptors (Lipinski definition) is 5. The number of anilines is 2. The molecule has 0 saturated heterocycles. The van der Waals surface area contributed by atoms with Gasteiger partial charge in [-0.25, -0.2) is 4.98 Å². The van der Waals surface area contributed by atoms with E-state index in [9.17, 15) is 10.5 Å². The molecule has 0 fully saturated rings. The van der Waals surface area contributed by atoms with Crippen molar-refractivity contribution in [3.63, 3.8) is 0 Å². The lowest BCUT2D eigenvalue weighted by Crippen LogP contribution is -2.09. The molecule has 3 aromatic rings. The van der Waals surface area contributed by atoms with Crippen LogP contribution >= 0.6 is 0 Å². The average molecular weight is 325 g/mol. The molecule has 3 N–H and O–H groups in total. The maximum Gasteiger partial charge on any atom is 0.147 e. The summed E-state index contributed by atoms with van der Waals surface area (Å²) in [5.74, 6) is 0.484. The van der Waals surface area contributed by atoms with Crippen molar-refractivity contribution in [2.75, 3.05) is 11.1 Å². The summed E-state index contributed by atoms with van der Waals surface area (Å²) in [7, 11) is 0. The van der Waals surface area contributed by atoms with Gasteiger partial charge in [-0.1, -0.05) is 60.7 Å². The second kappa shape index (κ2) is 7.16. The second-order valence-electron chi connectivity index (χ2n) is 5.40. The summed E-state index contributed by atoms with van der Waals surface area (Å²) < 4.78 is 0. The molecule has 1 aromatic heterocycles. The zero-order valence-electron chi connectivity index (χ0n) is 13.4. The van der Waals surface area contributed by atoms with Crippen molar-refractivity contribution in [2.24, 2.45) is 0 Å². The van der Waals surface area contributed by atoms with Gasteiger partial charge in [0.05, 0.1) is 0 Å². The zero-order valence-corrected chi connectivity index (χ0v) is 13.4. The highest BCUT2D eigenvalue weighted by atomic mass is 15.0. The summed E-state index contributed by atoms with van der Waals surface area (Å²) in [6, 6.07) is 23.3. The van der Waals surface area contributed by atoms with Crippen LogP contribution in [0.25, 0.3) is 11.1 Å². The molecule has 5 nitrogen and oxygen atoms in total. The summed E-state index contributed by atoms with van der Waals surface area (Å²) in [6.45, 7) is 0.502. The van der Waals surface area contributed by atoms with Crippen LogP contribution in [0.1, 0.15) is 16.7 Å². The van der Waals surface area contributed by atoms with E-state index in [-0.39, 0.29) is 11.4 Å². The lowest BCUT2D eigenvalue weighted by Gasteiger charge is -2.14. The Morgan fingerprint density at radius 1 is 0.880 bits per heavy atom. The zero-order chi connectivity index (χ0) is 17.6. The van der Waals surface area contributed by atoms with Gasteiger partial charge in [0, 0.05) is 12.1 Å². The summed E-state index contributed by atoms with van der Waals surface area (Å²) in [4.78, 5) is 4.24. The molecule has 3 rings (SSSR count). The van der Waals surface area contributed by atoms with Crippen molar-refractivity contribution in [3.05, 3.63) is 77.4 Å². The molecule has 0 saturated carbocycles. The van der Waals surface area contributed by atoms with Crippen LogP contribution in [0.2, 0.25) is 0 Å².